The van der Waals surface area contributed by atoms with E-state index in [9.17, 15) is 9.90 Å². The predicted octanol–water partition coefficient (Wildman–Crippen LogP) is 5.91. The van der Waals surface area contributed by atoms with Crippen LogP contribution in [0.2, 0.25) is 0 Å². The van der Waals surface area contributed by atoms with E-state index in [0.29, 0.717) is 34.7 Å². The fourth-order valence-corrected chi connectivity index (χ4v) is 3.63. The third kappa shape index (κ3) is 4.16. The van der Waals surface area contributed by atoms with Crippen LogP contribution in [0, 0.1) is 6.92 Å². The number of fused-ring (bicyclic) bond motifs is 1. The van der Waals surface area contributed by atoms with Crippen molar-refractivity contribution in [1.29, 1.82) is 0 Å². The topological polar surface area (TPSA) is 81.2 Å². The van der Waals surface area contributed by atoms with Crippen molar-refractivity contribution in [3.63, 3.8) is 0 Å². The third-order valence-electron chi connectivity index (χ3n) is 5.15. The summed E-state index contributed by atoms with van der Waals surface area (Å²) in [6.45, 7) is 8.31. The van der Waals surface area contributed by atoms with Crippen molar-refractivity contribution in [1.82, 2.24) is 14.8 Å². The van der Waals surface area contributed by atoms with Gasteiger partial charge in [-0.1, -0.05) is 55.1 Å². The second kappa shape index (κ2) is 8.89. The highest BCUT2D eigenvalue weighted by Gasteiger charge is 2.20. The van der Waals surface area contributed by atoms with Crippen LogP contribution in [0.15, 0.2) is 89.6 Å². The fraction of sp³-hybridized carbons (Fsp3) is 0.115. The molecule has 4 rings (SSSR count). The van der Waals surface area contributed by atoms with Gasteiger partial charge >= 0.3 is 5.97 Å². The zero-order valence-corrected chi connectivity index (χ0v) is 17.9. The van der Waals surface area contributed by atoms with Gasteiger partial charge in [0.2, 0.25) is 0 Å². The first-order chi connectivity index (χ1) is 15.5. The summed E-state index contributed by atoms with van der Waals surface area (Å²) in [5.74, 6) is -0.536. The van der Waals surface area contributed by atoms with Crippen LogP contribution in [0.1, 0.15) is 28.5 Å². The molecule has 0 bridgehead atoms. The van der Waals surface area contributed by atoms with Gasteiger partial charge in [0, 0.05) is 0 Å². The number of allylic oxidation sites excluding steroid dienone is 5. The van der Waals surface area contributed by atoms with Gasteiger partial charge in [-0.15, -0.1) is 0 Å². The predicted molar refractivity (Wildman–Crippen MR) is 125 cm³/mol. The first-order valence-electron chi connectivity index (χ1n) is 10.2. The number of carboxylic acids is 1. The van der Waals surface area contributed by atoms with E-state index in [1.165, 1.54) is 12.3 Å². The van der Waals surface area contributed by atoms with E-state index in [1.807, 2.05) is 43.4 Å². The molecule has 6 nitrogen and oxygen atoms in total. The molecule has 1 N–H and O–H groups in total. The molecule has 0 unspecified atom stereocenters. The molecule has 0 aliphatic rings. The molecule has 0 spiro atoms. The normalized spacial score (nSPS) is 12.0. The Morgan fingerprint density at radius 2 is 1.97 bits per heavy atom. The molecule has 32 heavy (non-hydrogen) atoms. The average molecular weight is 425 g/mol. The van der Waals surface area contributed by atoms with Crippen molar-refractivity contribution >= 4 is 22.6 Å². The van der Waals surface area contributed by atoms with Crippen LogP contribution in [0.5, 0.6) is 0 Å². The lowest BCUT2D eigenvalue weighted by Crippen LogP contribution is -2.04. The van der Waals surface area contributed by atoms with Gasteiger partial charge in [-0.3, -0.25) is 0 Å². The van der Waals surface area contributed by atoms with Crippen molar-refractivity contribution in [2.75, 3.05) is 0 Å². The van der Waals surface area contributed by atoms with Crippen LogP contribution >= 0.6 is 0 Å². The number of rotatable bonds is 7. The lowest BCUT2D eigenvalue weighted by Gasteiger charge is -2.06. The molecule has 6 heteroatoms. The summed E-state index contributed by atoms with van der Waals surface area (Å²) in [5.41, 5.74) is 4.69. The number of hydrogen-bond donors (Lipinski definition) is 1. The minimum absolute atomic E-state index is 0.145. The van der Waals surface area contributed by atoms with Crippen LogP contribution in [0.3, 0.4) is 0 Å². The number of carboxylic acid groups (broad SMARTS) is 1. The molecule has 0 aliphatic carbocycles. The second-order valence-electron chi connectivity index (χ2n) is 7.38. The van der Waals surface area contributed by atoms with Crippen LogP contribution in [-0.4, -0.2) is 25.8 Å². The van der Waals surface area contributed by atoms with E-state index in [4.69, 9.17) is 4.42 Å². The molecule has 1 aromatic carbocycles. The number of aromatic nitrogens is 3. The first-order valence-corrected chi connectivity index (χ1v) is 10.2. The molecule has 0 atom stereocenters. The van der Waals surface area contributed by atoms with Gasteiger partial charge in [0.1, 0.15) is 5.69 Å². The molecule has 4 aromatic rings. The molecule has 3 heterocycles. The maximum absolute atomic E-state index is 11.9. The Morgan fingerprint density at radius 1 is 1.19 bits per heavy atom. The Hall–Kier alpha value is -4.19. The number of aryl methyl sites for hydroxylation is 1. The fourth-order valence-electron chi connectivity index (χ4n) is 3.63. The molecule has 0 saturated carbocycles. The molecule has 0 saturated heterocycles. The molecule has 0 fully saturated rings. The van der Waals surface area contributed by atoms with Crippen molar-refractivity contribution in [2.24, 2.45) is 0 Å². The summed E-state index contributed by atoms with van der Waals surface area (Å²) in [4.78, 5) is 16.6. The van der Waals surface area contributed by atoms with Crippen LogP contribution in [0.25, 0.3) is 28.1 Å². The number of nitrogens with zero attached hydrogens (tertiary/aromatic N) is 3. The summed E-state index contributed by atoms with van der Waals surface area (Å²) in [6.07, 6.45) is 7.53. The van der Waals surface area contributed by atoms with E-state index in [2.05, 4.69) is 28.8 Å². The van der Waals surface area contributed by atoms with E-state index in [0.717, 1.165) is 16.7 Å². The SMILES string of the molecule is C=C(/C=C\C(=C/C)c1ccccc1)Cn1nc(C)c2c(C(=O)O)cc(-c3ccco3)nc21. The zero-order chi connectivity index (χ0) is 22.7. The van der Waals surface area contributed by atoms with Gasteiger partial charge in [0.15, 0.2) is 11.4 Å². The minimum Gasteiger partial charge on any atom is -0.478 e. The quantitative estimate of drug-likeness (QED) is 0.372. The van der Waals surface area contributed by atoms with Crippen molar-refractivity contribution in [2.45, 2.75) is 20.4 Å². The lowest BCUT2D eigenvalue weighted by atomic mass is 10.0. The Balaban J connectivity index is 1.68. The van der Waals surface area contributed by atoms with E-state index >= 15 is 0 Å². The standard InChI is InChI=1S/C26H23N3O3/c1-4-19(20-9-6-5-7-10-20)13-12-17(2)16-29-25-24(18(3)28-29)21(26(30)31)15-22(27-25)23-11-8-14-32-23/h4-15H,2,16H2,1,3H3,(H,30,31)/b13-12-,19-4+. The number of carbonyl (C=O) groups is 1. The third-order valence-corrected chi connectivity index (χ3v) is 5.15. The van der Waals surface area contributed by atoms with Crippen molar-refractivity contribution in [3.05, 3.63) is 102 Å². The largest absolute Gasteiger partial charge is 0.478 e. The number of aromatic carboxylic acids is 1. The highest BCUT2D eigenvalue weighted by Crippen LogP contribution is 2.28. The smallest absolute Gasteiger partial charge is 0.336 e. The van der Waals surface area contributed by atoms with Gasteiger partial charge in [-0.25, -0.2) is 14.5 Å². The maximum Gasteiger partial charge on any atom is 0.336 e. The maximum atomic E-state index is 11.9. The highest BCUT2D eigenvalue weighted by atomic mass is 16.4. The average Bonchev–Trinajstić information content (AvgIpc) is 3.43. The Labute approximate surface area is 185 Å². The summed E-state index contributed by atoms with van der Waals surface area (Å²) in [7, 11) is 0. The number of pyridine rings is 1. The second-order valence-corrected chi connectivity index (χ2v) is 7.38. The van der Waals surface area contributed by atoms with E-state index in [1.54, 1.807) is 23.7 Å². The van der Waals surface area contributed by atoms with Crippen molar-refractivity contribution in [3.8, 4) is 11.5 Å². The summed E-state index contributed by atoms with van der Waals surface area (Å²) in [6, 6.07) is 15.1. The van der Waals surface area contributed by atoms with Crippen LogP contribution < -0.4 is 0 Å². The number of hydrogen-bond acceptors (Lipinski definition) is 4. The van der Waals surface area contributed by atoms with E-state index in [-0.39, 0.29) is 5.56 Å². The summed E-state index contributed by atoms with van der Waals surface area (Å²) >= 11 is 0. The molecular formula is C26H23N3O3. The molecule has 0 radical (unpaired) electrons. The molecule has 0 aliphatic heterocycles. The minimum atomic E-state index is -1.04. The zero-order valence-electron chi connectivity index (χ0n) is 17.9. The summed E-state index contributed by atoms with van der Waals surface area (Å²) in [5, 5.41) is 14.8. The number of benzene rings is 1. The van der Waals surface area contributed by atoms with Gasteiger partial charge < -0.3 is 9.52 Å². The van der Waals surface area contributed by atoms with E-state index < -0.39 is 5.97 Å². The van der Waals surface area contributed by atoms with Gasteiger partial charge in [0.25, 0.3) is 0 Å². The molecule has 3 aromatic heterocycles. The Bertz CT molecular complexity index is 1340. The number of furan rings is 1. The lowest BCUT2D eigenvalue weighted by molar-refractivity contribution is 0.0699. The van der Waals surface area contributed by atoms with Gasteiger partial charge in [-0.2, -0.15) is 5.10 Å². The monoisotopic (exact) mass is 425 g/mol. The molecule has 160 valence electrons. The van der Waals surface area contributed by atoms with Crippen LogP contribution in [0.4, 0.5) is 0 Å². The van der Waals surface area contributed by atoms with Crippen molar-refractivity contribution < 1.29 is 14.3 Å². The summed E-state index contributed by atoms with van der Waals surface area (Å²) < 4.78 is 7.12. The van der Waals surface area contributed by atoms with Gasteiger partial charge in [0.05, 0.1) is 29.5 Å². The van der Waals surface area contributed by atoms with Crippen LogP contribution in [-0.2, 0) is 6.54 Å². The molecule has 0 amide bonds. The Kier molecular flexibility index (Phi) is 5.85. The highest BCUT2D eigenvalue weighted by molar-refractivity contribution is 6.04. The molecular weight excluding hydrogens is 402 g/mol. The van der Waals surface area contributed by atoms with Gasteiger partial charge in [-0.05, 0) is 48.8 Å². The first kappa shape index (κ1) is 21.1. The Morgan fingerprint density at radius 3 is 2.62 bits per heavy atom.